The highest BCUT2D eigenvalue weighted by atomic mass is 31.0. The fourth-order valence-corrected chi connectivity index (χ4v) is 18.5. The van der Waals surface area contributed by atoms with Crippen molar-refractivity contribution >= 4 is 155 Å². The van der Waals surface area contributed by atoms with Gasteiger partial charge in [-0.2, -0.15) is 0 Å². The van der Waals surface area contributed by atoms with Crippen molar-refractivity contribution in [1.82, 2.24) is 4.57 Å². The lowest BCUT2D eigenvalue weighted by molar-refractivity contribution is 1.18. The standard InChI is InChI=1S/C50H34N2.C44H32N2.C26H18.BHNP/c1-4-16-35(17-5-1)49-42-23-10-12-25-44(42)50(45-26-13-11-24-43(45)49)36-28-30-39(31-29-36)51(37-18-6-2-7-19-37)40-32-33-48-46(34-40)41-22-14-15-27-47(41)52(48)38-20-8-3-9-21-38;1-3-17-37(18-4-1)45(43-23-11-15-35-13-7-9-21-41(35)43)39-29-25-33(26-30-39)34-27-31-40(32-28-34)46(38-19-5-2-6-20-38)44-24-12-16-36-14-8-10-22-42(36)44;1-3-11-19(12-4-1)25-21-15-7-9-17-23(21)26(20-13-5-2-6-14-20)24-18-10-8-16-22(24)25;1-2-3/h1-34H;1-32H;1-18H;3H. The van der Waals surface area contributed by atoms with Crippen LogP contribution >= 0.6 is 9.03 Å². The van der Waals surface area contributed by atoms with E-state index < -0.39 is 0 Å². The third kappa shape index (κ3) is 15.8. The van der Waals surface area contributed by atoms with Crippen LogP contribution in [-0.4, -0.2) is 12.5 Å². The molecule has 5 nitrogen and oxygen atoms in total. The summed E-state index contributed by atoms with van der Waals surface area (Å²) in [7, 11) is 6.97. The van der Waals surface area contributed by atoms with Crippen LogP contribution in [0.4, 0.5) is 51.2 Å². The third-order valence-corrected chi connectivity index (χ3v) is 24.0. The summed E-state index contributed by atoms with van der Waals surface area (Å²) in [6, 6.07) is 183. The summed E-state index contributed by atoms with van der Waals surface area (Å²) in [4.78, 5) is 7.06. The maximum absolute atomic E-state index is 4.39. The lowest BCUT2D eigenvalue weighted by atomic mass is 9.86. The first kappa shape index (κ1) is 79.3. The fourth-order valence-electron chi connectivity index (χ4n) is 18.5. The summed E-state index contributed by atoms with van der Waals surface area (Å²) in [5.74, 6) is 0. The highest BCUT2D eigenvalue weighted by Gasteiger charge is 2.24. The van der Waals surface area contributed by atoms with Crippen LogP contribution in [0.2, 0.25) is 0 Å². The molecule has 0 saturated heterocycles. The quantitative estimate of drug-likeness (QED) is 0.0581. The number of para-hydroxylation sites is 5. The molecule has 0 N–H and O–H groups in total. The van der Waals surface area contributed by atoms with Crippen molar-refractivity contribution in [1.29, 1.82) is 0 Å². The van der Waals surface area contributed by atoms with Crippen molar-refractivity contribution in [3.05, 3.63) is 510 Å². The van der Waals surface area contributed by atoms with Crippen LogP contribution in [0, 0.1) is 0 Å². The predicted molar refractivity (Wildman–Crippen MR) is 546 cm³/mol. The van der Waals surface area contributed by atoms with Crippen LogP contribution in [-0.2, 0) is 0 Å². The van der Waals surface area contributed by atoms with Gasteiger partial charge in [-0.1, -0.05) is 388 Å². The lowest BCUT2D eigenvalue weighted by Crippen LogP contribution is -2.10. The lowest BCUT2D eigenvalue weighted by Gasteiger charge is -2.27. The molecule has 2 radical (unpaired) electrons. The van der Waals surface area contributed by atoms with Gasteiger partial charge in [-0.25, -0.2) is 0 Å². The van der Waals surface area contributed by atoms with Crippen molar-refractivity contribution in [2.45, 2.75) is 0 Å². The van der Waals surface area contributed by atoms with Crippen molar-refractivity contribution in [2.75, 3.05) is 14.7 Å². The van der Waals surface area contributed by atoms with E-state index in [2.05, 4.69) is 551 Å². The van der Waals surface area contributed by atoms with Crippen LogP contribution in [0.15, 0.2) is 514 Å². The van der Waals surface area contributed by atoms with Gasteiger partial charge in [0.05, 0.1) is 22.4 Å². The Hall–Kier alpha value is -16.2. The molecule has 598 valence electrons. The fraction of sp³-hybridized carbons (Fsp3) is 0. The molecular weight excluding hydrogens is 1550 g/mol. The van der Waals surface area contributed by atoms with Gasteiger partial charge >= 0.3 is 0 Å². The molecule has 127 heavy (non-hydrogen) atoms. The van der Waals surface area contributed by atoms with Gasteiger partial charge in [0, 0.05) is 67.0 Å². The SMILES string of the molecule is [B]N=P.c1ccc(-c2c3ccccc3c(-c3ccc(N(c4ccccc4)c4ccc5c(c4)c4ccccc4n5-c4ccccc4)cc3)c3ccccc23)cc1.c1ccc(-c2c3ccccc3c(-c3ccccc3)c3ccccc23)cc1.c1ccc(N(c2ccc(-c3ccc(N(c4ccccc4)c4cccc5ccccc45)cc3)cc2)c2cccc3ccccc23)cc1. The van der Waals surface area contributed by atoms with Gasteiger partial charge in [0.1, 0.15) is 0 Å². The second-order valence-electron chi connectivity index (χ2n) is 31.4. The summed E-state index contributed by atoms with van der Waals surface area (Å²) in [6.45, 7) is 0. The Morgan fingerprint density at radius 1 is 0.181 bits per heavy atom. The molecule has 7 heteroatoms. The van der Waals surface area contributed by atoms with Gasteiger partial charge in [0.25, 0.3) is 7.98 Å². The second-order valence-corrected chi connectivity index (χ2v) is 31.7. The topological polar surface area (TPSA) is 27.0 Å². The molecule has 22 aromatic carbocycles. The number of benzene rings is 22. The number of hydrogen-bond donors (Lipinski definition) is 0. The van der Waals surface area contributed by atoms with Gasteiger partial charge in [-0.15, -0.1) is 0 Å². The Labute approximate surface area is 744 Å². The summed E-state index contributed by atoms with van der Waals surface area (Å²) >= 11 is 0. The molecule has 0 amide bonds. The molecule has 1 heterocycles. The Balaban J connectivity index is 0.000000124. The molecule has 0 unspecified atom stereocenters. The van der Waals surface area contributed by atoms with E-state index in [-0.39, 0.29) is 0 Å². The van der Waals surface area contributed by atoms with E-state index in [0.29, 0.717) is 0 Å². The predicted octanol–water partition coefficient (Wildman–Crippen LogP) is 34.2. The monoisotopic (exact) mass is 1640 g/mol. The van der Waals surface area contributed by atoms with Gasteiger partial charge < -0.3 is 23.9 Å². The number of nitrogens with zero attached hydrogens (tertiary/aromatic N) is 5. The van der Waals surface area contributed by atoms with Crippen molar-refractivity contribution in [2.24, 2.45) is 4.66 Å². The molecule has 0 bridgehead atoms. The van der Waals surface area contributed by atoms with E-state index in [1.165, 1.54) is 142 Å². The first-order chi connectivity index (χ1) is 63.0. The van der Waals surface area contributed by atoms with Gasteiger partial charge in [-0.3, -0.25) is 0 Å². The molecule has 23 aromatic rings. The summed E-state index contributed by atoms with van der Waals surface area (Å²) < 4.78 is 5.17. The largest absolute Gasteiger partial charge is 0.344 e. The Bertz CT molecular complexity index is 7430. The number of rotatable bonds is 15. The molecule has 0 spiro atoms. The molecule has 0 aliphatic heterocycles. The Morgan fingerprint density at radius 2 is 0.417 bits per heavy atom. The molecule has 0 aliphatic rings. The summed E-state index contributed by atoms with van der Waals surface area (Å²) in [5.41, 5.74) is 26.2. The van der Waals surface area contributed by atoms with Gasteiger partial charge in [-0.05, 0) is 240 Å². The second kappa shape index (κ2) is 36.4. The highest BCUT2D eigenvalue weighted by molar-refractivity contribution is 7.05. The molecule has 0 aliphatic carbocycles. The number of anilines is 9. The molecule has 23 rings (SSSR count). The molecule has 0 atom stereocenters. The van der Waals surface area contributed by atoms with Crippen molar-refractivity contribution < 1.29 is 0 Å². The Kier molecular flexibility index (Phi) is 22.7. The van der Waals surface area contributed by atoms with Crippen molar-refractivity contribution in [3.63, 3.8) is 0 Å². The average Bonchev–Trinajstić information content (AvgIpc) is 1.39. The van der Waals surface area contributed by atoms with Crippen molar-refractivity contribution in [3.8, 4) is 61.3 Å². The average molecular weight is 1640 g/mol. The van der Waals surface area contributed by atoms with Gasteiger partial charge in [0.15, 0.2) is 0 Å². The minimum Gasteiger partial charge on any atom is -0.344 e. The highest BCUT2D eigenvalue weighted by Crippen LogP contribution is 2.49. The molecular formula is C120H85BN5P. The van der Waals surface area contributed by atoms with E-state index in [1.54, 1.807) is 0 Å². The summed E-state index contributed by atoms with van der Waals surface area (Å²) in [5, 5.41) is 17.6. The summed E-state index contributed by atoms with van der Waals surface area (Å²) in [6.07, 6.45) is 0. The maximum atomic E-state index is 4.39. The Morgan fingerprint density at radius 3 is 0.772 bits per heavy atom. The van der Waals surface area contributed by atoms with Gasteiger partial charge in [0.2, 0.25) is 0 Å². The first-order valence-electron chi connectivity index (χ1n) is 43.0. The zero-order valence-corrected chi connectivity index (χ0v) is 70.8. The zero-order chi connectivity index (χ0) is 85.2. The minimum atomic E-state index is 1.11. The van der Waals surface area contributed by atoms with E-state index >= 15 is 0 Å². The van der Waals surface area contributed by atoms with Crippen LogP contribution in [0.3, 0.4) is 0 Å². The number of hydrogen-bond acceptors (Lipinski definition) is 4. The zero-order valence-electron chi connectivity index (χ0n) is 69.8. The van der Waals surface area contributed by atoms with Crippen LogP contribution in [0.5, 0.6) is 0 Å². The third-order valence-electron chi connectivity index (χ3n) is 24.0. The maximum Gasteiger partial charge on any atom is 0.265 e. The molecule has 1 aromatic heterocycles. The van der Waals surface area contributed by atoms with E-state index in [4.69, 9.17) is 0 Å². The molecule has 0 fully saturated rings. The normalized spacial score (nSPS) is 11.1. The van der Waals surface area contributed by atoms with E-state index in [0.717, 1.165) is 56.9 Å². The number of aromatic nitrogens is 1. The van der Waals surface area contributed by atoms with Crippen LogP contribution in [0.1, 0.15) is 0 Å². The van der Waals surface area contributed by atoms with E-state index in [9.17, 15) is 0 Å². The first-order valence-corrected chi connectivity index (χ1v) is 43.5. The smallest absolute Gasteiger partial charge is 0.265 e. The van der Waals surface area contributed by atoms with Crippen LogP contribution < -0.4 is 14.7 Å². The minimum absolute atomic E-state index is 1.11. The molecule has 0 saturated carbocycles. The number of fused-ring (bicyclic) bond motifs is 9. The van der Waals surface area contributed by atoms with E-state index in [1.807, 2.05) is 0 Å². The van der Waals surface area contributed by atoms with Crippen LogP contribution in [0.25, 0.3) is 148 Å².